The van der Waals surface area contributed by atoms with Gasteiger partial charge in [0.25, 0.3) is 0 Å². The van der Waals surface area contributed by atoms with E-state index in [0.29, 0.717) is 17.8 Å². The van der Waals surface area contributed by atoms with Crippen LogP contribution in [0.2, 0.25) is 0 Å². The standard InChI is InChI=1S/C53H75N5/c1-34-28-30-48(41(8)50(34)45-25-19-14-20-26-45)57(54-51-35(2)27-29-46(40(51)7)43-21-15-12-16-22-43)58(55-52-38(5)32-39(6)53(42(52)9)56(10)11)49-33-47(36(3)31-37(49)4)44-23-17-13-18-24-44/h27-33,43-45,54-55H,12-26H2,1-11H3. The zero-order valence-corrected chi connectivity index (χ0v) is 38.2. The summed E-state index contributed by atoms with van der Waals surface area (Å²) < 4.78 is 0. The van der Waals surface area contributed by atoms with Gasteiger partial charge in [-0.3, -0.25) is 10.9 Å². The summed E-state index contributed by atoms with van der Waals surface area (Å²) in [5.41, 5.74) is 31.0. The summed E-state index contributed by atoms with van der Waals surface area (Å²) in [5, 5.41) is 4.82. The van der Waals surface area contributed by atoms with Crippen LogP contribution in [0.15, 0.2) is 42.5 Å². The molecule has 0 saturated heterocycles. The molecule has 2 N–H and O–H groups in total. The Hall–Kier alpha value is -4.12. The van der Waals surface area contributed by atoms with Crippen LogP contribution < -0.4 is 26.0 Å². The first kappa shape index (κ1) is 42.0. The first-order valence-electron chi connectivity index (χ1n) is 23.1. The lowest BCUT2D eigenvalue weighted by atomic mass is 9.80. The third-order valence-corrected chi connectivity index (χ3v) is 14.6. The Bertz CT molecular complexity index is 2080. The highest BCUT2D eigenvalue weighted by Crippen LogP contribution is 2.44. The van der Waals surface area contributed by atoms with E-state index in [9.17, 15) is 0 Å². The van der Waals surface area contributed by atoms with Crippen LogP contribution in [0.1, 0.15) is 181 Å². The van der Waals surface area contributed by atoms with Gasteiger partial charge in [-0.25, -0.2) is 0 Å². The highest BCUT2D eigenvalue weighted by atomic mass is 15.9. The van der Waals surface area contributed by atoms with Gasteiger partial charge in [0.05, 0.1) is 22.7 Å². The predicted octanol–water partition coefficient (Wildman–Crippen LogP) is 15.0. The second-order valence-corrected chi connectivity index (χ2v) is 19.0. The molecule has 0 aliphatic heterocycles. The second kappa shape index (κ2) is 18.0. The van der Waals surface area contributed by atoms with E-state index in [1.165, 1.54) is 180 Å². The number of aryl methyl sites for hydroxylation is 6. The minimum absolute atomic E-state index is 0.593. The molecule has 58 heavy (non-hydrogen) atoms. The maximum atomic E-state index is 4.24. The van der Waals surface area contributed by atoms with Crippen molar-refractivity contribution >= 4 is 28.4 Å². The molecule has 0 amide bonds. The fraction of sp³-hybridized carbons (Fsp3) is 0.547. The normalized spacial score (nSPS) is 17.0. The zero-order chi connectivity index (χ0) is 41.2. The van der Waals surface area contributed by atoms with Gasteiger partial charge in [-0.1, -0.05) is 88.1 Å². The molecule has 3 aliphatic carbocycles. The summed E-state index contributed by atoms with van der Waals surface area (Å²) >= 11 is 0. The number of nitrogens with zero attached hydrogens (tertiary/aromatic N) is 3. The number of hydrogen-bond acceptors (Lipinski definition) is 5. The average Bonchev–Trinajstić information content (AvgIpc) is 3.20. The number of nitrogens with one attached hydrogen (secondary N) is 2. The van der Waals surface area contributed by atoms with Crippen LogP contribution in [0.5, 0.6) is 0 Å². The van der Waals surface area contributed by atoms with E-state index < -0.39 is 0 Å². The van der Waals surface area contributed by atoms with Crippen LogP contribution in [0, 0.1) is 62.3 Å². The second-order valence-electron chi connectivity index (χ2n) is 19.0. The quantitative estimate of drug-likeness (QED) is 0.148. The molecule has 5 nitrogen and oxygen atoms in total. The number of hydrogen-bond donors (Lipinski definition) is 2. The van der Waals surface area contributed by atoms with Crippen molar-refractivity contribution in [2.45, 2.75) is 176 Å². The molecule has 0 unspecified atom stereocenters. The van der Waals surface area contributed by atoms with Crippen LogP contribution in [0.25, 0.3) is 0 Å². The Morgan fingerprint density at radius 3 is 1.50 bits per heavy atom. The Morgan fingerprint density at radius 2 is 0.914 bits per heavy atom. The first-order chi connectivity index (χ1) is 27.8. The number of benzene rings is 4. The summed E-state index contributed by atoms with van der Waals surface area (Å²) in [6.07, 6.45) is 19.7. The molecule has 3 aliphatic rings. The summed E-state index contributed by atoms with van der Waals surface area (Å²) in [4.78, 5) is 2.28. The smallest absolute Gasteiger partial charge is 0.0865 e. The lowest BCUT2D eigenvalue weighted by Gasteiger charge is -2.43. The van der Waals surface area contributed by atoms with Crippen LogP contribution in [-0.4, -0.2) is 14.1 Å². The van der Waals surface area contributed by atoms with Gasteiger partial charge in [-0.2, -0.15) is 10.2 Å². The van der Waals surface area contributed by atoms with Crippen LogP contribution in [0.4, 0.5) is 28.4 Å². The first-order valence-corrected chi connectivity index (χ1v) is 23.1. The Morgan fingerprint density at radius 1 is 0.414 bits per heavy atom. The number of hydrazine groups is 3. The molecule has 3 saturated carbocycles. The highest BCUT2D eigenvalue weighted by Gasteiger charge is 2.30. The maximum absolute atomic E-state index is 4.24. The monoisotopic (exact) mass is 782 g/mol. The molecule has 3 fully saturated rings. The topological polar surface area (TPSA) is 33.8 Å². The third-order valence-electron chi connectivity index (χ3n) is 14.6. The molecule has 7 rings (SSSR count). The largest absolute Gasteiger partial charge is 0.377 e. The van der Waals surface area contributed by atoms with Gasteiger partial charge in [0.1, 0.15) is 0 Å². The van der Waals surface area contributed by atoms with Gasteiger partial charge in [-0.15, -0.1) is 0 Å². The lowest BCUT2D eigenvalue weighted by molar-refractivity contribution is 0.441. The van der Waals surface area contributed by atoms with Gasteiger partial charge >= 0.3 is 0 Å². The molecule has 0 aromatic heterocycles. The van der Waals surface area contributed by atoms with E-state index in [2.05, 4.69) is 145 Å². The van der Waals surface area contributed by atoms with Gasteiger partial charge in [0.15, 0.2) is 0 Å². The van der Waals surface area contributed by atoms with E-state index in [1.54, 1.807) is 5.56 Å². The van der Waals surface area contributed by atoms with Crippen molar-refractivity contribution in [2.75, 3.05) is 40.1 Å². The molecule has 0 radical (unpaired) electrons. The molecule has 0 bridgehead atoms. The lowest BCUT2D eigenvalue weighted by Crippen LogP contribution is -2.51. The summed E-state index contributed by atoms with van der Waals surface area (Å²) in [6.45, 7) is 20.9. The van der Waals surface area contributed by atoms with Crippen molar-refractivity contribution in [2.24, 2.45) is 0 Å². The summed E-state index contributed by atoms with van der Waals surface area (Å²) in [5.74, 6) is 1.81. The molecule has 0 spiro atoms. The van der Waals surface area contributed by atoms with Crippen LogP contribution in [0.3, 0.4) is 0 Å². The zero-order valence-electron chi connectivity index (χ0n) is 38.2. The summed E-state index contributed by atoms with van der Waals surface area (Å²) in [7, 11) is 4.35. The molecule has 4 aromatic rings. The number of anilines is 5. The van der Waals surface area contributed by atoms with Crippen molar-refractivity contribution in [3.63, 3.8) is 0 Å². The molecule has 312 valence electrons. The average molecular weight is 782 g/mol. The number of rotatable bonds is 11. The fourth-order valence-electron chi connectivity index (χ4n) is 11.6. The van der Waals surface area contributed by atoms with Crippen LogP contribution in [-0.2, 0) is 0 Å². The van der Waals surface area contributed by atoms with Crippen molar-refractivity contribution < 1.29 is 0 Å². The van der Waals surface area contributed by atoms with E-state index >= 15 is 0 Å². The van der Waals surface area contributed by atoms with Gasteiger partial charge in [0.2, 0.25) is 0 Å². The minimum atomic E-state index is 0.593. The van der Waals surface area contributed by atoms with Crippen molar-refractivity contribution in [1.29, 1.82) is 0 Å². The van der Waals surface area contributed by atoms with Crippen molar-refractivity contribution in [1.82, 2.24) is 0 Å². The van der Waals surface area contributed by atoms with Crippen molar-refractivity contribution in [3.8, 4) is 0 Å². The minimum Gasteiger partial charge on any atom is -0.377 e. The predicted molar refractivity (Wildman–Crippen MR) is 252 cm³/mol. The fourth-order valence-corrected chi connectivity index (χ4v) is 11.6. The molecule has 0 atom stereocenters. The highest BCUT2D eigenvalue weighted by molar-refractivity contribution is 5.78. The van der Waals surface area contributed by atoms with Crippen molar-refractivity contribution in [3.05, 3.63) is 109 Å². The molecular formula is C53H75N5. The van der Waals surface area contributed by atoms with Crippen LogP contribution >= 0.6 is 0 Å². The van der Waals surface area contributed by atoms with E-state index in [-0.39, 0.29) is 0 Å². The van der Waals surface area contributed by atoms with E-state index in [1.807, 2.05) is 0 Å². The SMILES string of the molecule is Cc1cc(C)c(N(Nc2c(C)cc(C)c(N(C)C)c2C)N(Nc2c(C)ccc(C3CCCCC3)c2C)c2ccc(C)c(C3CCCCC3)c2C)cc1C1CCCCC1. The van der Waals surface area contributed by atoms with E-state index in [0.717, 1.165) is 5.69 Å². The molecule has 0 heterocycles. The van der Waals surface area contributed by atoms with Gasteiger partial charge < -0.3 is 4.90 Å². The maximum Gasteiger partial charge on any atom is 0.0865 e. The van der Waals surface area contributed by atoms with Gasteiger partial charge in [0, 0.05) is 19.8 Å². The molecule has 4 aromatic carbocycles. The Labute approximate surface area is 352 Å². The summed E-state index contributed by atoms with van der Waals surface area (Å²) in [6, 6.07) is 17.0. The Balaban J connectivity index is 1.49. The molecular weight excluding hydrogens is 707 g/mol. The van der Waals surface area contributed by atoms with Gasteiger partial charge in [-0.05, 0) is 197 Å². The Kier molecular flexibility index (Phi) is 13.1. The third kappa shape index (κ3) is 8.48. The molecule has 5 heteroatoms. The van der Waals surface area contributed by atoms with E-state index in [4.69, 9.17) is 0 Å².